The number of hydrogen-bond acceptors (Lipinski definition) is 4. The van der Waals surface area contributed by atoms with Gasteiger partial charge in [0.25, 0.3) is 0 Å². The van der Waals surface area contributed by atoms with Gasteiger partial charge in [-0.2, -0.15) is 0 Å². The Hall–Kier alpha value is -3.12. The van der Waals surface area contributed by atoms with Crippen LogP contribution in [0.25, 0.3) is 0 Å². The number of rotatable bonds is 17. The van der Waals surface area contributed by atoms with E-state index >= 15 is 0 Å². The number of aliphatic imine (C=N–C) groups is 1. The van der Waals surface area contributed by atoms with Crippen molar-refractivity contribution in [3.63, 3.8) is 0 Å². The summed E-state index contributed by atoms with van der Waals surface area (Å²) in [5.41, 5.74) is 4.99. The Morgan fingerprint density at radius 2 is 2.10 bits per heavy atom. The largest absolute Gasteiger partial charge is 0.481 e. The van der Waals surface area contributed by atoms with Crippen molar-refractivity contribution in [1.29, 1.82) is 0 Å². The highest BCUT2D eigenvalue weighted by molar-refractivity contribution is 6.33. The third-order valence-corrected chi connectivity index (χ3v) is 6.87. The minimum atomic E-state index is -0.745. The summed E-state index contributed by atoms with van der Waals surface area (Å²) in [6, 6.07) is 0. The summed E-state index contributed by atoms with van der Waals surface area (Å²) in [5.74, 6) is -0.745. The number of nitrogens with zero attached hydrogens (tertiary/aromatic N) is 1. The van der Waals surface area contributed by atoms with Crippen LogP contribution in [0.15, 0.2) is 124 Å². The summed E-state index contributed by atoms with van der Waals surface area (Å²) in [7, 11) is 1.84. The monoisotopic (exact) mass is 596 g/mol. The van der Waals surface area contributed by atoms with E-state index in [-0.39, 0.29) is 11.8 Å². The van der Waals surface area contributed by atoms with Gasteiger partial charge in [0.2, 0.25) is 0 Å². The molecular formula is C34H42Cl2N2O3. The maximum absolute atomic E-state index is 10.6. The van der Waals surface area contributed by atoms with Crippen LogP contribution in [0.4, 0.5) is 0 Å². The van der Waals surface area contributed by atoms with Gasteiger partial charge in [0.05, 0.1) is 17.7 Å². The fraction of sp³-hybridized carbons (Fsp3) is 0.353. The van der Waals surface area contributed by atoms with Crippen molar-refractivity contribution in [3.8, 4) is 0 Å². The lowest BCUT2D eigenvalue weighted by atomic mass is 10.0. The highest BCUT2D eigenvalue weighted by Crippen LogP contribution is 2.29. The average molecular weight is 598 g/mol. The maximum atomic E-state index is 10.6. The quantitative estimate of drug-likeness (QED) is 0.0579. The summed E-state index contributed by atoms with van der Waals surface area (Å²) in [4.78, 5) is 15.2. The number of hydrogen-bond donors (Lipinski definition) is 2. The zero-order chi connectivity index (χ0) is 29.7. The Kier molecular flexibility index (Phi) is 17.2. The first kappa shape index (κ1) is 34.1. The third kappa shape index (κ3) is 14.4. The number of halogens is 2. The molecule has 0 aromatic heterocycles. The molecule has 0 spiro atoms. The van der Waals surface area contributed by atoms with Crippen LogP contribution in [-0.2, 0) is 9.53 Å². The molecule has 0 saturated heterocycles. The topological polar surface area (TPSA) is 70.9 Å². The van der Waals surface area contributed by atoms with Crippen molar-refractivity contribution in [1.82, 2.24) is 5.32 Å². The van der Waals surface area contributed by atoms with Gasteiger partial charge in [-0.1, -0.05) is 78.8 Å². The Balaban J connectivity index is 1.95. The summed E-state index contributed by atoms with van der Waals surface area (Å²) in [6.07, 6.45) is 34.2. The van der Waals surface area contributed by atoms with Crippen molar-refractivity contribution in [2.45, 2.75) is 56.7 Å². The number of ether oxygens (including phenoxy) is 1. The molecule has 7 heteroatoms. The van der Waals surface area contributed by atoms with Gasteiger partial charge in [0, 0.05) is 43.1 Å². The molecule has 2 rings (SSSR count). The highest BCUT2D eigenvalue weighted by atomic mass is 35.5. The predicted octanol–water partition coefficient (Wildman–Crippen LogP) is 8.66. The fourth-order valence-corrected chi connectivity index (χ4v) is 4.74. The number of carbonyl (C=O) groups is 1. The number of nitrogens with one attached hydrogen (secondary N) is 1. The zero-order valence-electron chi connectivity index (χ0n) is 23.9. The van der Waals surface area contributed by atoms with E-state index in [4.69, 9.17) is 33.0 Å². The van der Waals surface area contributed by atoms with Crippen LogP contribution in [0.5, 0.6) is 0 Å². The van der Waals surface area contributed by atoms with Crippen LogP contribution in [0.3, 0.4) is 0 Å². The number of carboxylic acids is 1. The Labute approximate surface area is 255 Å². The van der Waals surface area contributed by atoms with E-state index in [2.05, 4.69) is 59.4 Å². The minimum absolute atomic E-state index is 0.0764. The molecule has 2 N–H and O–H groups in total. The molecule has 0 radical (unpaired) electrons. The van der Waals surface area contributed by atoms with Crippen LogP contribution in [0.2, 0.25) is 0 Å². The Morgan fingerprint density at radius 1 is 1.24 bits per heavy atom. The van der Waals surface area contributed by atoms with Gasteiger partial charge in [-0.15, -0.1) is 18.2 Å². The summed E-state index contributed by atoms with van der Waals surface area (Å²) < 4.78 is 5.69. The minimum Gasteiger partial charge on any atom is -0.481 e. The number of allylic oxidation sites excluding steroid dienone is 15. The molecule has 1 unspecified atom stereocenters. The van der Waals surface area contributed by atoms with Crippen molar-refractivity contribution >= 4 is 35.4 Å². The van der Waals surface area contributed by atoms with Gasteiger partial charge in [-0.25, -0.2) is 0 Å². The second kappa shape index (κ2) is 20.7. The number of carboxylic acid groups (broad SMARTS) is 1. The number of alkyl halides is 1. The molecule has 2 aliphatic rings. The Bertz CT molecular complexity index is 1180. The summed E-state index contributed by atoms with van der Waals surface area (Å²) in [6.45, 7) is 4.99. The Morgan fingerprint density at radius 3 is 2.88 bits per heavy atom. The lowest BCUT2D eigenvalue weighted by Gasteiger charge is -2.06. The van der Waals surface area contributed by atoms with Crippen LogP contribution >= 0.6 is 23.2 Å². The molecule has 0 aromatic carbocycles. The van der Waals surface area contributed by atoms with E-state index in [0.717, 1.165) is 66.5 Å². The second-order valence-corrected chi connectivity index (χ2v) is 10.4. The van der Waals surface area contributed by atoms with Gasteiger partial charge in [0.1, 0.15) is 0 Å². The van der Waals surface area contributed by atoms with E-state index < -0.39 is 5.97 Å². The standard InChI is InChI=1S/C34H42Cl2N2O3/c1-3-4-14-28(16-11-24-41-23-7-5-6-19-34(39)40)29-15-8-12-27(20-21-29)13-10-22-38-33(26-37-2)31-18-9-17-30(35)25-32(31)36/h3,10-16,18,20-22,25-26,30,37H,1,4-9,17,19,23-24H2,2H3,(H,39,40)/b13-10+,16-11-,28-14+,33-26-,38-22-. The molecule has 0 aromatic rings. The molecule has 0 amide bonds. The molecule has 220 valence electrons. The van der Waals surface area contributed by atoms with Crippen LogP contribution < -0.4 is 5.32 Å². The predicted molar refractivity (Wildman–Crippen MR) is 175 cm³/mol. The smallest absolute Gasteiger partial charge is 0.303 e. The summed E-state index contributed by atoms with van der Waals surface area (Å²) >= 11 is 12.8. The van der Waals surface area contributed by atoms with E-state index in [0.29, 0.717) is 24.7 Å². The molecule has 0 aliphatic heterocycles. The highest BCUT2D eigenvalue weighted by Gasteiger charge is 2.14. The average Bonchev–Trinajstić information content (AvgIpc) is 3.28. The van der Waals surface area contributed by atoms with Crippen LogP contribution in [0.1, 0.15) is 51.4 Å². The molecular weight excluding hydrogens is 555 g/mol. The third-order valence-electron chi connectivity index (χ3n) is 6.20. The number of aliphatic carboxylic acids is 1. The van der Waals surface area contributed by atoms with Gasteiger partial charge >= 0.3 is 5.97 Å². The van der Waals surface area contributed by atoms with Gasteiger partial charge in [0.15, 0.2) is 0 Å². The molecule has 5 nitrogen and oxygen atoms in total. The molecule has 0 heterocycles. The molecule has 41 heavy (non-hydrogen) atoms. The van der Waals surface area contributed by atoms with Gasteiger partial charge in [-0.3, -0.25) is 9.79 Å². The first-order chi connectivity index (χ1) is 19.9. The van der Waals surface area contributed by atoms with E-state index in [9.17, 15) is 4.79 Å². The SMILES string of the molecule is C=CC/C=C(\C=C/COCCCCCC(=O)O)C1=CCC=C(/C=C/C=N\C(=C/NC)C2=CCCC(Cl)C=C2Cl)C=C1. The van der Waals surface area contributed by atoms with E-state index in [1.807, 2.05) is 43.6 Å². The van der Waals surface area contributed by atoms with Crippen LogP contribution in [-0.4, -0.2) is 42.9 Å². The van der Waals surface area contributed by atoms with Crippen molar-refractivity contribution in [2.75, 3.05) is 20.3 Å². The van der Waals surface area contributed by atoms with Crippen molar-refractivity contribution in [3.05, 3.63) is 119 Å². The maximum Gasteiger partial charge on any atom is 0.303 e. The molecule has 2 aliphatic carbocycles. The van der Waals surface area contributed by atoms with Gasteiger partial charge < -0.3 is 15.2 Å². The second-order valence-electron chi connectivity index (χ2n) is 9.48. The molecule has 0 bridgehead atoms. The molecule has 1 atom stereocenters. The zero-order valence-corrected chi connectivity index (χ0v) is 25.4. The first-order valence-corrected chi connectivity index (χ1v) is 14.9. The molecule has 0 saturated carbocycles. The summed E-state index contributed by atoms with van der Waals surface area (Å²) in [5, 5.41) is 12.3. The fourth-order valence-electron chi connectivity index (χ4n) is 4.10. The van der Waals surface area contributed by atoms with Gasteiger partial charge in [-0.05, 0) is 67.4 Å². The van der Waals surface area contributed by atoms with E-state index in [1.54, 1.807) is 6.21 Å². The normalized spacial score (nSPS) is 18.7. The lowest BCUT2D eigenvalue weighted by molar-refractivity contribution is -0.137. The first-order valence-electron chi connectivity index (χ1n) is 14.1. The molecule has 0 fully saturated rings. The van der Waals surface area contributed by atoms with Crippen LogP contribution in [0, 0.1) is 0 Å². The van der Waals surface area contributed by atoms with E-state index in [1.165, 1.54) is 0 Å². The lowest BCUT2D eigenvalue weighted by Crippen LogP contribution is -1.98. The van der Waals surface area contributed by atoms with Crippen molar-refractivity contribution in [2.24, 2.45) is 4.99 Å². The van der Waals surface area contributed by atoms with Crippen molar-refractivity contribution < 1.29 is 14.6 Å². The number of unbranched alkanes of at least 4 members (excludes halogenated alkanes) is 2.